The minimum absolute atomic E-state index is 0.159. The summed E-state index contributed by atoms with van der Waals surface area (Å²) in [7, 11) is 3.94. The molecule has 3 aromatic carbocycles. The van der Waals surface area contributed by atoms with Crippen LogP contribution in [-0.4, -0.2) is 222 Å². The lowest BCUT2D eigenvalue weighted by Gasteiger charge is -2.24. The van der Waals surface area contributed by atoms with Crippen LogP contribution in [-0.2, 0) is 129 Å². The molecule has 38 nitrogen and oxygen atoms in total. The molecule has 4 aromatic heterocycles. The van der Waals surface area contributed by atoms with Gasteiger partial charge in [0, 0.05) is 108 Å². The van der Waals surface area contributed by atoms with Crippen molar-refractivity contribution in [2.24, 2.45) is 17.8 Å². The summed E-state index contributed by atoms with van der Waals surface area (Å²) in [4.78, 5) is 115. The molecule has 4 saturated heterocycles. The molecule has 126 heavy (non-hydrogen) atoms. The Balaban J connectivity index is 0.000000236. The van der Waals surface area contributed by atoms with E-state index >= 15 is 0 Å². The molecule has 16 atom stereocenters. The summed E-state index contributed by atoms with van der Waals surface area (Å²) >= 11 is 0. The van der Waals surface area contributed by atoms with E-state index in [1.807, 2.05) is 112 Å². The van der Waals surface area contributed by atoms with Gasteiger partial charge in [-0.1, -0.05) is 112 Å². The Hall–Kier alpha value is -8.78. The maximum atomic E-state index is 13.6. The Morgan fingerprint density at radius 1 is 0.500 bits per heavy atom. The maximum Gasteiger partial charge on any atom is 0.354 e. The van der Waals surface area contributed by atoms with Crippen LogP contribution in [0.2, 0.25) is 0 Å². The molecule has 0 amide bonds. The lowest BCUT2D eigenvalue weighted by molar-refractivity contribution is -0.122. The number of ether oxygens (including phenoxy) is 15. The van der Waals surface area contributed by atoms with Gasteiger partial charge in [0.2, 0.25) is 1.43 Å². The van der Waals surface area contributed by atoms with Gasteiger partial charge in [-0.2, -0.15) is 0 Å². The molecule has 39 heteroatoms. The van der Waals surface area contributed by atoms with Gasteiger partial charge < -0.3 is 100 Å². The first-order valence-electron chi connectivity index (χ1n) is 42.3. The van der Waals surface area contributed by atoms with E-state index in [9.17, 15) is 57.9 Å². The van der Waals surface area contributed by atoms with Crippen molar-refractivity contribution in [3.63, 3.8) is 0 Å². The van der Waals surface area contributed by atoms with Crippen LogP contribution in [0.15, 0.2) is 166 Å². The fourth-order valence-electron chi connectivity index (χ4n) is 13.9. The molecular formula is C87H125N8O30P. The van der Waals surface area contributed by atoms with Crippen molar-refractivity contribution in [3.8, 4) is 0 Å². The third kappa shape index (κ3) is 28.6. The monoisotopic (exact) mass is 1800 g/mol. The first-order valence-corrected chi connectivity index (χ1v) is 42.8. The van der Waals surface area contributed by atoms with E-state index in [4.69, 9.17) is 82.9 Å². The number of aromatic amines is 1. The van der Waals surface area contributed by atoms with E-state index in [0.717, 1.165) is 30.4 Å². The van der Waals surface area contributed by atoms with Crippen LogP contribution in [0.1, 0.15) is 121 Å². The van der Waals surface area contributed by atoms with Gasteiger partial charge >= 0.3 is 30.4 Å². The topological polar surface area (TPSA) is 439 Å². The smallest absolute Gasteiger partial charge is 0.354 e. The first-order chi connectivity index (χ1) is 61.3. The quantitative estimate of drug-likeness (QED) is 0.0204. The molecule has 0 radical (unpaired) electrons. The number of H-pyrrole nitrogens is 1. The molecule has 698 valence electrons. The van der Waals surface area contributed by atoms with E-state index in [2.05, 4.69) is 10.1 Å². The molecule has 4 N–H and O–H groups in total. The number of methoxy groups -OCH3 is 4. The fraction of sp³-hybridized carbons (Fsp3) is 0.575. The van der Waals surface area contributed by atoms with Gasteiger partial charge in [0.05, 0.1) is 110 Å². The highest BCUT2D eigenvalue weighted by Gasteiger charge is 2.48. The van der Waals surface area contributed by atoms with Crippen LogP contribution >= 0.6 is 7.60 Å². The Labute approximate surface area is 733 Å². The molecule has 0 saturated carbocycles. The van der Waals surface area contributed by atoms with Crippen LogP contribution in [0.25, 0.3) is 0 Å². The summed E-state index contributed by atoms with van der Waals surface area (Å²) in [6.07, 6.45) is -2.03. The van der Waals surface area contributed by atoms with Crippen LogP contribution in [0.5, 0.6) is 0 Å². The zero-order valence-electron chi connectivity index (χ0n) is 76.3. The van der Waals surface area contributed by atoms with Crippen LogP contribution in [0.3, 0.4) is 0 Å². The summed E-state index contributed by atoms with van der Waals surface area (Å²) in [6, 6.07) is 28.4. The lowest BCUT2D eigenvalue weighted by atomic mass is 10.0. The fourth-order valence-corrected chi connectivity index (χ4v) is 15.7. The third-order valence-corrected chi connectivity index (χ3v) is 22.4. The molecule has 0 bridgehead atoms. The van der Waals surface area contributed by atoms with E-state index < -0.39 is 132 Å². The summed E-state index contributed by atoms with van der Waals surface area (Å²) in [5.74, 6) is 0.714. The Bertz CT molecular complexity index is 5110. The number of aldehydes is 1. The second-order valence-electron chi connectivity index (χ2n) is 30.6. The molecule has 0 unspecified atom stereocenters. The number of hydrogen-bond acceptors (Lipinski definition) is 30. The summed E-state index contributed by atoms with van der Waals surface area (Å²) in [5.41, 5.74) is 0.0195. The first kappa shape index (κ1) is 101. The summed E-state index contributed by atoms with van der Waals surface area (Å²) in [6.45, 7) is 21.5. The average molecular weight is 1800 g/mol. The average Bonchev–Trinajstić information content (AvgIpc) is 1.59. The number of benzene rings is 3. The molecule has 11 rings (SSSR count). The Morgan fingerprint density at radius 2 is 0.841 bits per heavy atom. The zero-order chi connectivity index (χ0) is 93.9. The van der Waals surface area contributed by atoms with Crippen molar-refractivity contribution in [3.05, 3.63) is 250 Å². The van der Waals surface area contributed by atoms with Crippen molar-refractivity contribution >= 4 is 13.9 Å². The normalized spacial score (nSPS) is 23.5. The minimum atomic E-state index is -3.57. The second kappa shape index (κ2) is 52.0. The van der Waals surface area contributed by atoms with Gasteiger partial charge in [-0.05, 0) is 85.1 Å². The lowest BCUT2D eigenvalue weighted by Crippen LogP contribution is -2.44. The van der Waals surface area contributed by atoms with Gasteiger partial charge in [0.1, 0.15) is 63.1 Å². The molecule has 4 aliphatic heterocycles. The zero-order valence-corrected chi connectivity index (χ0v) is 75.2. The summed E-state index contributed by atoms with van der Waals surface area (Å²) in [5, 5.41) is 23.4. The van der Waals surface area contributed by atoms with Gasteiger partial charge in [0.25, 0.3) is 22.2 Å². The van der Waals surface area contributed by atoms with E-state index in [1.165, 1.54) is 63.1 Å². The number of carbonyl (C=O) groups is 1. The molecule has 0 aliphatic carbocycles. The summed E-state index contributed by atoms with van der Waals surface area (Å²) < 4.78 is 130. The van der Waals surface area contributed by atoms with Crippen molar-refractivity contribution in [1.82, 2.24) is 37.0 Å². The van der Waals surface area contributed by atoms with Crippen molar-refractivity contribution in [2.75, 3.05) is 95.0 Å². The Morgan fingerprint density at radius 3 is 1.20 bits per heavy atom. The third-order valence-electron chi connectivity index (χ3n) is 20.5. The Kier molecular flexibility index (Phi) is 41.7. The van der Waals surface area contributed by atoms with Crippen LogP contribution < -0.4 is 45.0 Å². The van der Waals surface area contributed by atoms with Crippen molar-refractivity contribution < 1.29 is 106 Å². The molecular weight excluding hydrogens is 1670 g/mol. The number of aromatic nitrogens is 8. The van der Waals surface area contributed by atoms with Gasteiger partial charge in [-0.15, -0.1) is 0 Å². The SMILES string of the molecule is COCCO[C@@H]1[C@H](C)[C@@H](/C=C/P(=O)(OC(C)C)OC(C)C)O[C@H]1n1cc(C)c(=O)n(COCc2ccccc2)c1=O.COCCO[C@@H]1[C@H](C)[C@@H](C=O)O[C@H]1n1cc(C)c(=O)n(COCc2ccccc2)c1=O.COCCO[C@@H]1[C@H](C)[C@@H](CO)O[C@H]1n1cc(C)c(=O)n(COCc2ccccc2)c1=O.[2H]C[C@H]1O[C@@H](n2cc(C)c(=O)[nH]c2=O)[C@H](OCCOC)[C@@H]1O.[3H]OC. The molecule has 4 fully saturated rings. The number of rotatable bonds is 40. The number of carbonyl (C=O) groups excluding carboxylic acids is 1. The molecule has 4 aliphatic rings. The van der Waals surface area contributed by atoms with Gasteiger partial charge in [0.15, 0.2) is 24.9 Å². The van der Waals surface area contributed by atoms with E-state index in [1.54, 1.807) is 82.8 Å². The minimum Gasteiger partial charge on any atom is -0.400 e. The number of aliphatic hydroxyl groups excluding tert-OH is 3. The highest BCUT2D eigenvalue weighted by atomic mass is 31.2. The van der Waals surface area contributed by atoms with E-state index in [-0.39, 0.29) is 103 Å². The van der Waals surface area contributed by atoms with E-state index in [0.29, 0.717) is 61.6 Å². The number of aryl methyl sites for hydroxylation is 4. The maximum absolute atomic E-state index is 13.6. The van der Waals surface area contributed by atoms with Crippen LogP contribution in [0.4, 0.5) is 0 Å². The molecule has 0 spiro atoms. The standard InChI is InChI=1S/C29H43N2O9P.C22H30N2O7.C22H28N2O7.C13H20N2O6.CH4O/c1-20(2)39-41(34,40-21(3)4)16-13-25-23(6)26(37-15-14-35-7)28(38-25)30-17-22(5)27(32)31(29(30)33)19-36-18-24-11-9-8-10-12-24;2*1-15-11-23(21-19(30-10-9-28-3)16(2)18(12-25)31-21)22(27)24(20(15)26)14-29-13-17-7-5-4-6-8-17;1-7-6-15(13(18)14-11(7)17)12-10(20-5-4-19-3)9(16)8(2)21-12;1-2/h8-13,16-17,20-21,23,25-26,28H,14-15,18-19H2,1-7H3;4-8,11,16,18-19,21,25H,9-10,12-14H2,1-3H3;4-8,11-12,16,18-19,21H,9-10,13-14H2,1-3H3;6,8-10,12,16H,4-5H2,1-3H3,(H,14,17,18);2H,1H3/b16-13+;;;;/t23-,25-,26-,28-;2*16-,18-,19-,21-;8-,9-,10-,12-;/m1111./s1/i;;;2D;2T. The number of aliphatic hydroxyl groups is 3. The predicted octanol–water partition coefficient (Wildman–Crippen LogP) is 5.68. The van der Waals surface area contributed by atoms with Crippen molar-refractivity contribution in [2.45, 2.75) is 215 Å². The van der Waals surface area contributed by atoms with Crippen LogP contribution in [0, 0.1) is 45.4 Å². The predicted molar refractivity (Wildman–Crippen MR) is 461 cm³/mol. The number of hydrogen-bond donors (Lipinski definition) is 4. The second-order valence-corrected chi connectivity index (χ2v) is 32.4. The highest BCUT2D eigenvalue weighted by molar-refractivity contribution is 7.57. The number of nitrogens with zero attached hydrogens (tertiary/aromatic N) is 7. The van der Waals surface area contributed by atoms with Gasteiger partial charge in [-0.3, -0.25) is 47.0 Å². The molecule has 8 heterocycles. The largest absolute Gasteiger partial charge is 0.400 e. The van der Waals surface area contributed by atoms with Gasteiger partial charge in [-0.25, -0.2) is 32.9 Å². The number of nitrogens with one attached hydrogen (secondary N) is 1. The highest BCUT2D eigenvalue weighted by Crippen LogP contribution is 2.53. The molecule has 7 aromatic rings. The van der Waals surface area contributed by atoms with Crippen molar-refractivity contribution in [1.29, 1.82) is 1.43 Å².